The normalized spacial score (nSPS) is 13.7. The average molecular weight is 1530 g/mol. The van der Waals surface area contributed by atoms with E-state index in [9.17, 15) is 87.2 Å². The van der Waals surface area contributed by atoms with Gasteiger partial charge < -0.3 is 39.6 Å². The van der Waals surface area contributed by atoms with Crippen molar-refractivity contribution in [2.24, 2.45) is 20.5 Å². The Morgan fingerprint density at radius 1 is 0.378 bits per heavy atom. The summed E-state index contributed by atoms with van der Waals surface area (Å²) in [4.78, 5) is 178. The minimum atomic E-state index is -0.840. The van der Waals surface area contributed by atoms with Crippen LogP contribution in [0.15, 0.2) is 221 Å². The van der Waals surface area contributed by atoms with Gasteiger partial charge in [-0.1, -0.05) is 78.9 Å². The molecule has 0 aliphatic carbocycles. The lowest BCUT2D eigenvalue weighted by atomic mass is 10.1. The third-order valence-electron chi connectivity index (χ3n) is 13.8. The van der Waals surface area contributed by atoms with Crippen LogP contribution in [0.4, 0.5) is 30.6 Å². The number of barbiturate groups is 4. The summed E-state index contributed by atoms with van der Waals surface area (Å²) in [6, 6.07) is 38.6. The molecule has 111 heavy (non-hydrogen) atoms. The van der Waals surface area contributed by atoms with Crippen molar-refractivity contribution in [1.82, 2.24) is 62.5 Å². The lowest BCUT2D eigenvalue weighted by Gasteiger charge is -2.14. The molecule has 4 saturated heterocycles. The summed E-state index contributed by atoms with van der Waals surface area (Å²) in [5.41, 5.74) is 1.01. The van der Waals surface area contributed by atoms with Crippen LogP contribution >= 0.6 is 12.2 Å². The number of nitrogens with one attached hydrogen (secondary N) is 12. The molecule has 0 radical (unpaired) electrons. The Morgan fingerprint density at radius 2 is 0.757 bits per heavy atom. The summed E-state index contributed by atoms with van der Waals surface area (Å²) in [5, 5.41) is 68.4. The highest BCUT2D eigenvalue weighted by molar-refractivity contribution is 7.71. The largest absolute Gasteiger partial charge is 0.508 e. The van der Waals surface area contributed by atoms with E-state index in [4.69, 9.17) is 31.5 Å². The molecule has 8 aromatic rings. The Kier molecular flexibility index (Phi) is 29.7. The second-order valence-electron chi connectivity index (χ2n) is 21.6. The standard InChI is InChI=1S/C14H14N2O5.C12H10N4O3.C12H10N4O2S.C12H10N2O4.2C11H8N2O4/c1-3-21-10-5-4-8(7-11(10)20-2)6-9-12(17)15-14(19)16-13(9)18;2*17-10-9(11(18)15-12(19)14-10)6-7-13-16-8-4-2-1-3-5-8;1-18-8-4-2-7(3-5-8)6-9-10(15)13-12(17)14-11(9)16;14-7-3-1-6(2-4-7)5-8-9(15)12-11(17)13-10(8)16;14-7-3-1-2-6(4-7)5-8-9(15)12-11(17)13-10(8)16/h4-7H,3H2,1-2H3,(H2,15,16,17,18,19);2*1-7H,(H3,14,15,17,18,19);2-6H,1H3,(H2,13,14,15,16,17);2*1-5,14H,(H2,12,13,15,16,17). The number of rotatable bonds is 14. The monoisotopic (exact) mass is 1530 g/mol. The fourth-order valence-corrected chi connectivity index (χ4v) is 8.90. The third kappa shape index (κ3) is 25.6. The summed E-state index contributed by atoms with van der Waals surface area (Å²) < 4.78 is 15.6. The molecule has 38 nitrogen and oxygen atoms in total. The maximum absolute atomic E-state index is 11.6. The van der Waals surface area contributed by atoms with Gasteiger partial charge in [0.2, 0.25) is 11.8 Å². The molecule has 0 unspecified atom stereocenters. The fourth-order valence-electron chi connectivity index (χ4n) is 8.71. The predicted molar refractivity (Wildman–Crippen MR) is 395 cm³/mol. The maximum Gasteiger partial charge on any atom is 0.328 e. The summed E-state index contributed by atoms with van der Waals surface area (Å²) in [6.07, 6.45) is 10.5. The van der Waals surface area contributed by atoms with Crippen molar-refractivity contribution in [3.63, 3.8) is 0 Å². The maximum atomic E-state index is 11.6. The van der Waals surface area contributed by atoms with Crippen molar-refractivity contribution < 1.29 is 92.2 Å². The zero-order valence-corrected chi connectivity index (χ0v) is 58.4. The van der Waals surface area contributed by atoms with Gasteiger partial charge in [0, 0.05) is 0 Å². The number of azo groups is 2. The van der Waals surface area contributed by atoms with E-state index < -0.39 is 94.1 Å². The number of H-pyrrole nitrogens is 4. The zero-order chi connectivity index (χ0) is 80.7. The number of benzene rings is 6. The van der Waals surface area contributed by atoms with E-state index >= 15 is 0 Å². The number of hydrogen-bond donors (Lipinski definition) is 16. The first-order chi connectivity index (χ1) is 53.1. The molecule has 16 N–H and O–H groups in total. The number of amides is 16. The number of phenolic OH excluding ortho intramolecular Hbond substituents is 2. The molecule has 6 aromatic carbocycles. The predicted octanol–water partition coefficient (Wildman–Crippen LogP) is 5.99. The van der Waals surface area contributed by atoms with E-state index in [-0.39, 0.29) is 55.6 Å². The van der Waals surface area contributed by atoms with Crippen LogP contribution in [0.1, 0.15) is 40.3 Å². The van der Waals surface area contributed by atoms with Crippen LogP contribution in [0.25, 0.3) is 36.5 Å². The van der Waals surface area contributed by atoms with Crippen molar-refractivity contribution in [1.29, 1.82) is 0 Å². The van der Waals surface area contributed by atoms with E-state index in [1.54, 1.807) is 98.1 Å². The first-order valence-electron chi connectivity index (χ1n) is 31.5. The van der Waals surface area contributed by atoms with Crippen LogP contribution in [0.3, 0.4) is 0 Å². The summed E-state index contributed by atoms with van der Waals surface area (Å²) in [6.45, 7) is 2.34. The Balaban J connectivity index is 0.000000185. The minimum absolute atomic E-state index is 0.0204. The van der Waals surface area contributed by atoms with Crippen molar-refractivity contribution >= 4 is 131 Å². The van der Waals surface area contributed by atoms with Gasteiger partial charge in [-0.25, -0.2) is 24.0 Å². The van der Waals surface area contributed by atoms with E-state index in [1.807, 2.05) is 90.8 Å². The Hall–Kier alpha value is -16.2. The second kappa shape index (κ2) is 40.2. The summed E-state index contributed by atoms with van der Waals surface area (Å²) in [7, 11) is 3.04. The molecule has 566 valence electrons. The number of urea groups is 4. The van der Waals surface area contributed by atoms with Crippen molar-refractivity contribution in [2.75, 3.05) is 20.8 Å². The molecule has 4 fully saturated rings. The first-order valence-corrected chi connectivity index (χ1v) is 31.9. The van der Waals surface area contributed by atoms with Crippen molar-refractivity contribution in [2.45, 2.75) is 6.92 Å². The van der Waals surface area contributed by atoms with Gasteiger partial charge in [-0.3, -0.25) is 105 Å². The van der Waals surface area contributed by atoms with Gasteiger partial charge in [-0.05, 0) is 151 Å². The van der Waals surface area contributed by atoms with Gasteiger partial charge in [0.15, 0.2) is 16.3 Å². The topological polar surface area (TPSA) is 574 Å². The lowest BCUT2D eigenvalue weighted by Crippen LogP contribution is -2.51. The fraction of sp³-hybridized carbons (Fsp3) is 0.0556. The quantitative estimate of drug-likeness (QED) is 0.0257. The molecule has 0 saturated carbocycles. The number of aromatic nitrogens is 4. The molecule has 12 rings (SSSR count). The number of nitrogens with zero attached hydrogens (tertiary/aromatic N) is 4. The van der Waals surface area contributed by atoms with Crippen LogP contribution in [-0.2, 0) is 38.4 Å². The van der Waals surface area contributed by atoms with Gasteiger partial charge in [0.25, 0.3) is 58.4 Å². The highest BCUT2D eigenvalue weighted by atomic mass is 32.1. The summed E-state index contributed by atoms with van der Waals surface area (Å²) in [5.74, 6) is -4.90. The van der Waals surface area contributed by atoms with E-state index in [0.717, 1.165) is 0 Å². The molecular weight excluding hydrogens is 1470 g/mol. The van der Waals surface area contributed by atoms with Crippen molar-refractivity contribution in [3.05, 3.63) is 256 Å². The molecule has 2 aromatic heterocycles. The number of ether oxygens (including phenoxy) is 3. The van der Waals surface area contributed by atoms with Gasteiger partial charge in [-0.2, -0.15) is 20.5 Å². The molecule has 4 aliphatic heterocycles. The Bertz CT molecular complexity index is 5230. The third-order valence-corrected chi connectivity index (χ3v) is 14.0. The van der Waals surface area contributed by atoms with E-state index in [1.165, 1.54) is 80.2 Å². The van der Waals surface area contributed by atoms with E-state index in [2.05, 4.69) is 35.4 Å². The average Bonchev–Trinajstić information content (AvgIpc) is 0.829. The molecule has 0 atom stereocenters. The van der Waals surface area contributed by atoms with Gasteiger partial charge >= 0.3 is 29.8 Å². The van der Waals surface area contributed by atoms with Gasteiger partial charge in [0.05, 0.1) is 44.6 Å². The Morgan fingerprint density at radius 3 is 1.14 bits per heavy atom. The molecule has 0 spiro atoms. The molecule has 4 aliphatic rings. The highest BCUT2D eigenvalue weighted by Crippen LogP contribution is 2.29. The number of methoxy groups -OCH3 is 2. The Labute approximate surface area is 627 Å². The second-order valence-corrected chi connectivity index (χ2v) is 22.0. The SMILES string of the molecule is CCOc1ccc(C=C2C(=O)NC(=O)NC2=O)cc1OC.COc1ccc(C=C2C(=O)NC(=O)NC2=O)cc1.O=C1NC(=O)C(=Cc2ccc(O)cc2)C(=O)N1.O=C1NC(=O)C(=Cc2cccc(O)c2)C(=O)N1.O=c1[nH]c(=S)[nH]c(O)c1C=CN=Nc1ccccc1.O=c1[nH]c(O)c(C=CN=Nc2ccccc2)c(=O)[nH]1. The van der Waals surface area contributed by atoms with Crippen LogP contribution in [0.5, 0.6) is 40.5 Å². The molecule has 16 amide bonds. The number of hydrogen-bond acceptors (Lipinski definition) is 27. The van der Waals surface area contributed by atoms with Crippen LogP contribution < -0.4 is 73.6 Å². The molecular formula is C72H60N16O22S. The van der Waals surface area contributed by atoms with Gasteiger partial charge in [-0.15, -0.1) is 0 Å². The van der Waals surface area contributed by atoms with Crippen LogP contribution in [-0.4, -0.2) is 133 Å². The molecule has 39 heteroatoms. The number of aromatic amines is 4. The van der Waals surface area contributed by atoms with Gasteiger partial charge in [0.1, 0.15) is 50.7 Å². The zero-order valence-electron chi connectivity index (χ0n) is 57.6. The number of phenols is 2. The van der Waals surface area contributed by atoms with E-state index in [0.29, 0.717) is 57.5 Å². The molecule has 0 bridgehead atoms. The van der Waals surface area contributed by atoms with Crippen molar-refractivity contribution in [3.8, 4) is 40.5 Å². The lowest BCUT2D eigenvalue weighted by molar-refractivity contribution is -0.125. The highest BCUT2D eigenvalue weighted by Gasteiger charge is 2.31. The first kappa shape index (κ1) is 82.1. The smallest absolute Gasteiger partial charge is 0.328 e. The number of carbonyl (C=O) groups is 12. The number of carbonyl (C=O) groups excluding carboxylic acids is 12. The number of aromatic hydroxyl groups is 4. The minimum Gasteiger partial charge on any atom is -0.508 e. The number of imide groups is 8. The van der Waals surface area contributed by atoms with Crippen LogP contribution in [0.2, 0.25) is 0 Å². The summed E-state index contributed by atoms with van der Waals surface area (Å²) >= 11 is 4.71. The van der Waals surface area contributed by atoms with Crippen LogP contribution in [0, 0.1) is 4.77 Å². The molecule has 6 heterocycles.